The van der Waals surface area contributed by atoms with Crippen LogP contribution >= 0.6 is 0 Å². The lowest BCUT2D eigenvalue weighted by Crippen LogP contribution is -1.97. The van der Waals surface area contributed by atoms with E-state index in [1.807, 2.05) is 0 Å². The summed E-state index contributed by atoms with van der Waals surface area (Å²) in [5.74, 6) is -3.18. The molecule has 0 atom stereocenters. The van der Waals surface area contributed by atoms with Crippen molar-refractivity contribution in [1.29, 1.82) is 0 Å². The average Bonchev–Trinajstić information content (AvgIpc) is 2.12. The Morgan fingerprint density at radius 2 is 2.07 bits per heavy atom. The molecule has 0 aromatic heterocycles. The Bertz CT molecular complexity index is 397. The normalized spacial score (nSPS) is 11.5. The molecule has 1 N–H and O–H groups in total. The summed E-state index contributed by atoms with van der Waals surface area (Å²) in [6.45, 7) is 1.31. The number of hydrogen-bond donors (Lipinski definition) is 1. The van der Waals surface area contributed by atoms with Crippen LogP contribution in [0.15, 0.2) is 23.8 Å². The van der Waals surface area contributed by atoms with Crippen molar-refractivity contribution in [3.63, 3.8) is 0 Å². The van der Waals surface area contributed by atoms with Gasteiger partial charge in [0.1, 0.15) is 0 Å². The van der Waals surface area contributed by atoms with E-state index in [1.54, 1.807) is 0 Å². The van der Waals surface area contributed by atoms with Gasteiger partial charge in [0.25, 0.3) is 0 Å². The van der Waals surface area contributed by atoms with Gasteiger partial charge in [0.2, 0.25) is 0 Å². The first kappa shape index (κ1) is 10.4. The van der Waals surface area contributed by atoms with E-state index in [9.17, 15) is 13.6 Å². The van der Waals surface area contributed by atoms with E-state index >= 15 is 0 Å². The molecule has 4 heteroatoms. The number of rotatable bonds is 2. The molecule has 0 fully saturated rings. The third-order valence-electron chi connectivity index (χ3n) is 1.69. The first-order valence-electron chi connectivity index (χ1n) is 3.88. The highest BCUT2D eigenvalue weighted by atomic mass is 19.2. The lowest BCUT2D eigenvalue weighted by atomic mass is 10.1. The molecule has 0 saturated carbocycles. The number of benzene rings is 1. The Hall–Kier alpha value is -1.71. The fourth-order valence-electron chi connectivity index (χ4n) is 0.927. The molecule has 0 aliphatic heterocycles. The highest BCUT2D eigenvalue weighted by molar-refractivity contribution is 5.91. The summed E-state index contributed by atoms with van der Waals surface area (Å²) in [6.07, 6.45) is 1.08. The van der Waals surface area contributed by atoms with Crippen molar-refractivity contribution in [2.24, 2.45) is 0 Å². The summed E-state index contributed by atoms with van der Waals surface area (Å²) in [4.78, 5) is 10.4. The molecule has 1 rings (SSSR count). The van der Waals surface area contributed by atoms with Gasteiger partial charge in [-0.25, -0.2) is 13.6 Å². The second-order valence-corrected chi connectivity index (χ2v) is 2.78. The molecule has 0 aliphatic rings. The van der Waals surface area contributed by atoms with Crippen LogP contribution in [0.25, 0.3) is 6.08 Å². The molecular weight excluding hydrogens is 190 g/mol. The summed E-state index contributed by atoms with van der Waals surface area (Å²) in [6, 6.07) is 3.60. The molecule has 0 spiro atoms. The van der Waals surface area contributed by atoms with E-state index in [0.29, 0.717) is 0 Å². The second kappa shape index (κ2) is 4.00. The second-order valence-electron chi connectivity index (χ2n) is 2.78. The smallest absolute Gasteiger partial charge is 0.331 e. The molecule has 1 aromatic carbocycles. The van der Waals surface area contributed by atoms with Crippen LogP contribution < -0.4 is 0 Å². The van der Waals surface area contributed by atoms with E-state index in [4.69, 9.17) is 5.11 Å². The minimum absolute atomic E-state index is 0.0468. The van der Waals surface area contributed by atoms with Crippen molar-refractivity contribution in [1.82, 2.24) is 0 Å². The molecule has 0 amide bonds. The minimum Gasteiger partial charge on any atom is -0.478 e. The number of halogens is 2. The monoisotopic (exact) mass is 198 g/mol. The highest BCUT2D eigenvalue weighted by Crippen LogP contribution is 2.14. The van der Waals surface area contributed by atoms with Crippen LogP contribution in [-0.4, -0.2) is 11.1 Å². The first-order valence-corrected chi connectivity index (χ1v) is 3.88. The van der Waals surface area contributed by atoms with Crippen LogP contribution in [-0.2, 0) is 4.79 Å². The van der Waals surface area contributed by atoms with E-state index in [0.717, 1.165) is 12.1 Å². The third-order valence-corrected chi connectivity index (χ3v) is 1.69. The van der Waals surface area contributed by atoms with Crippen molar-refractivity contribution in [2.45, 2.75) is 6.92 Å². The number of hydrogen-bond acceptors (Lipinski definition) is 1. The average molecular weight is 198 g/mol. The zero-order chi connectivity index (χ0) is 10.7. The molecule has 14 heavy (non-hydrogen) atoms. The number of carboxylic acids is 1. The van der Waals surface area contributed by atoms with Gasteiger partial charge in [0.15, 0.2) is 11.6 Å². The summed E-state index contributed by atoms with van der Waals surface area (Å²) < 4.78 is 25.7. The fraction of sp³-hybridized carbons (Fsp3) is 0.100. The Kier molecular flexibility index (Phi) is 2.96. The van der Waals surface area contributed by atoms with Crippen LogP contribution in [0.4, 0.5) is 8.78 Å². The van der Waals surface area contributed by atoms with E-state index < -0.39 is 17.6 Å². The van der Waals surface area contributed by atoms with Gasteiger partial charge in [0, 0.05) is 11.1 Å². The van der Waals surface area contributed by atoms with Crippen LogP contribution in [0.5, 0.6) is 0 Å². The van der Waals surface area contributed by atoms with Gasteiger partial charge in [-0.15, -0.1) is 0 Å². The molecule has 0 saturated heterocycles. The van der Waals surface area contributed by atoms with Gasteiger partial charge in [-0.2, -0.15) is 0 Å². The molecule has 0 unspecified atom stereocenters. The molecule has 0 aliphatic carbocycles. The minimum atomic E-state index is -1.16. The predicted octanol–water partition coefficient (Wildman–Crippen LogP) is 2.45. The van der Waals surface area contributed by atoms with Gasteiger partial charge in [-0.05, 0) is 19.1 Å². The first-order chi connectivity index (χ1) is 6.52. The van der Waals surface area contributed by atoms with Crippen molar-refractivity contribution in [2.75, 3.05) is 0 Å². The zero-order valence-electron chi connectivity index (χ0n) is 7.42. The van der Waals surface area contributed by atoms with Crippen LogP contribution in [0.2, 0.25) is 0 Å². The lowest BCUT2D eigenvalue weighted by Gasteiger charge is -1.98. The maximum absolute atomic E-state index is 13.0. The van der Waals surface area contributed by atoms with Crippen LogP contribution in [0, 0.1) is 11.6 Å². The van der Waals surface area contributed by atoms with E-state index in [2.05, 4.69) is 0 Å². The van der Waals surface area contributed by atoms with Crippen molar-refractivity contribution in [3.8, 4) is 0 Å². The number of carbonyl (C=O) groups is 1. The molecular formula is C10H8F2O2. The molecule has 74 valence electrons. The SMILES string of the molecule is C/C(=C\c1cccc(F)c1F)C(=O)O. The van der Waals surface area contributed by atoms with Gasteiger partial charge < -0.3 is 5.11 Å². The number of aliphatic carboxylic acids is 1. The van der Waals surface area contributed by atoms with E-state index in [-0.39, 0.29) is 11.1 Å². The topological polar surface area (TPSA) is 37.3 Å². The summed E-state index contributed by atoms with van der Waals surface area (Å²) in [5, 5.41) is 8.52. The van der Waals surface area contributed by atoms with Crippen molar-refractivity contribution in [3.05, 3.63) is 41.0 Å². The van der Waals surface area contributed by atoms with Gasteiger partial charge >= 0.3 is 5.97 Å². The molecule has 0 heterocycles. The Morgan fingerprint density at radius 1 is 1.43 bits per heavy atom. The molecule has 0 bridgehead atoms. The van der Waals surface area contributed by atoms with Gasteiger partial charge in [-0.1, -0.05) is 12.1 Å². The van der Waals surface area contributed by atoms with Crippen molar-refractivity contribution < 1.29 is 18.7 Å². The lowest BCUT2D eigenvalue weighted by molar-refractivity contribution is -0.132. The highest BCUT2D eigenvalue weighted by Gasteiger charge is 2.07. The zero-order valence-corrected chi connectivity index (χ0v) is 7.42. The van der Waals surface area contributed by atoms with Gasteiger partial charge in [0.05, 0.1) is 0 Å². The third kappa shape index (κ3) is 2.16. The maximum atomic E-state index is 13.0. The maximum Gasteiger partial charge on any atom is 0.331 e. The summed E-state index contributed by atoms with van der Waals surface area (Å²) in [5.41, 5.74) is -0.112. The Morgan fingerprint density at radius 3 is 2.64 bits per heavy atom. The van der Waals surface area contributed by atoms with Gasteiger partial charge in [-0.3, -0.25) is 0 Å². The quantitative estimate of drug-likeness (QED) is 0.741. The van der Waals surface area contributed by atoms with E-state index in [1.165, 1.54) is 19.1 Å². The largest absolute Gasteiger partial charge is 0.478 e. The number of carboxylic acid groups (broad SMARTS) is 1. The molecule has 1 aromatic rings. The predicted molar refractivity (Wildman–Crippen MR) is 47.6 cm³/mol. The standard InChI is InChI=1S/C10H8F2O2/c1-6(10(13)14)5-7-3-2-4-8(11)9(7)12/h2-5H,1H3,(H,13,14)/b6-5+. The summed E-state index contributed by atoms with van der Waals surface area (Å²) >= 11 is 0. The molecule has 0 radical (unpaired) electrons. The Labute approximate surface area is 79.5 Å². The molecule has 2 nitrogen and oxygen atoms in total. The van der Waals surface area contributed by atoms with Crippen LogP contribution in [0.3, 0.4) is 0 Å². The summed E-state index contributed by atoms with van der Waals surface area (Å²) in [7, 11) is 0. The van der Waals surface area contributed by atoms with Crippen LogP contribution in [0.1, 0.15) is 12.5 Å². The fourth-order valence-corrected chi connectivity index (χ4v) is 0.927. The van der Waals surface area contributed by atoms with Crippen molar-refractivity contribution >= 4 is 12.0 Å². The Balaban J connectivity index is 3.15.